The van der Waals surface area contributed by atoms with E-state index in [1.54, 1.807) is 0 Å². The van der Waals surface area contributed by atoms with E-state index in [1.807, 2.05) is 0 Å². The highest BCUT2D eigenvalue weighted by Gasteiger charge is 2.18. The van der Waals surface area contributed by atoms with Crippen LogP contribution in [0.3, 0.4) is 0 Å². The molecule has 2 aromatic rings. The average Bonchev–Trinajstić information content (AvgIpc) is 3.10. The molecule has 120 valence electrons. The molecule has 0 radical (unpaired) electrons. The molecular weight excluding hydrogens is 286 g/mol. The third-order valence-electron chi connectivity index (χ3n) is 5.02. The first-order chi connectivity index (χ1) is 11.3. The second-order valence-electron chi connectivity index (χ2n) is 6.37. The molecule has 0 amide bonds. The fourth-order valence-corrected chi connectivity index (χ4v) is 3.48. The van der Waals surface area contributed by atoms with Gasteiger partial charge in [-0.1, -0.05) is 36.4 Å². The van der Waals surface area contributed by atoms with E-state index in [-0.39, 0.29) is 0 Å². The van der Waals surface area contributed by atoms with Crippen molar-refractivity contribution in [2.24, 2.45) is 0 Å². The molecule has 0 bridgehead atoms. The summed E-state index contributed by atoms with van der Waals surface area (Å²) in [5, 5.41) is 0. The zero-order valence-corrected chi connectivity index (χ0v) is 13.6. The van der Waals surface area contributed by atoms with Crippen LogP contribution in [-0.2, 0) is 11.2 Å². The van der Waals surface area contributed by atoms with E-state index in [4.69, 9.17) is 9.47 Å². The number of fused-ring (bicyclic) bond motifs is 1. The standard InChI is InChI=1S/C20H23NO2/c1-15(21-9-12-22-13-10-21)16-2-4-17(5-3-16)19-7-6-18-8-11-23-20(18)14-19/h2-7,14-15H,8-13H2,1H3/t15-/m1/s1. The Morgan fingerprint density at radius 2 is 1.65 bits per heavy atom. The molecule has 3 nitrogen and oxygen atoms in total. The van der Waals surface area contributed by atoms with E-state index in [1.165, 1.54) is 22.3 Å². The Balaban J connectivity index is 1.53. The van der Waals surface area contributed by atoms with Gasteiger partial charge in [0.2, 0.25) is 0 Å². The minimum Gasteiger partial charge on any atom is -0.493 e. The third kappa shape index (κ3) is 2.99. The van der Waals surface area contributed by atoms with Gasteiger partial charge in [-0.3, -0.25) is 4.90 Å². The van der Waals surface area contributed by atoms with Crippen molar-refractivity contribution < 1.29 is 9.47 Å². The first kappa shape index (κ1) is 14.7. The van der Waals surface area contributed by atoms with Crippen LogP contribution in [0.5, 0.6) is 5.75 Å². The minimum atomic E-state index is 0.441. The van der Waals surface area contributed by atoms with Crippen LogP contribution >= 0.6 is 0 Å². The summed E-state index contributed by atoms with van der Waals surface area (Å²) in [4.78, 5) is 2.49. The van der Waals surface area contributed by atoms with Gasteiger partial charge in [-0.15, -0.1) is 0 Å². The summed E-state index contributed by atoms with van der Waals surface area (Å²) in [5.41, 5.74) is 5.18. The molecule has 4 rings (SSSR count). The number of rotatable bonds is 3. The molecule has 0 unspecified atom stereocenters. The second-order valence-corrected chi connectivity index (χ2v) is 6.37. The zero-order valence-electron chi connectivity index (χ0n) is 13.6. The Hall–Kier alpha value is -1.84. The smallest absolute Gasteiger partial charge is 0.123 e. The number of hydrogen-bond acceptors (Lipinski definition) is 3. The summed E-state index contributed by atoms with van der Waals surface area (Å²) in [6.07, 6.45) is 1.03. The largest absolute Gasteiger partial charge is 0.493 e. The predicted molar refractivity (Wildman–Crippen MR) is 91.9 cm³/mol. The number of benzene rings is 2. The Morgan fingerprint density at radius 1 is 0.913 bits per heavy atom. The molecule has 0 N–H and O–H groups in total. The maximum Gasteiger partial charge on any atom is 0.123 e. The lowest BCUT2D eigenvalue weighted by atomic mass is 9.99. The maximum absolute atomic E-state index is 5.68. The van der Waals surface area contributed by atoms with Crippen LogP contribution in [0.25, 0.3) is 11.1 Å². The summed E-state index contributed by atoms with van der Waals surface area (Å²) in [7, 11) is 0. The lowest BCUT2D eigenvalue weighted by Gasteiger charge is -2.32. The summed E-state index contributed by atoms with van der Waals surface area (Å²) in [6, 6.07) is 16.0. The highest BCUT2D eigenvalue weighted by molar-refractivity contribution is 5.66. The van der Waals surface area contributed by atoms with Crippen molar-refractivity contribution in [2.75, 3.05) is 32.9 Å². The van der Waals surface area contributed by atoms with Crippen molar-refractivity contribution in [3.8, 4) is 16.9 Å². The number of morpholine rings is 1. The molecule has 0 aliphatic carbocycles. The lowest BCUT2D eigenvalue weighted by molar-refractivity contribution is 0.0198. The SMILES string of the molecule is C[C@H](c1ccc(-c2ccc3c(c2)OCC3)cc1)N1CCOCC1. The molecule has 2 heterocycles. The van der Waals surface area contributed by atoms with E-state index < -0.39 is 0 Å². The van der Waals surface area contributed by atoms with Crippen LogP contribution < -0.4 is 4.74 Å². The van der Waals surface area contributed by atoms with E-state index in [9.17, 15) is 0 Å². The Labute approximate surface area is 137 Å². The molecule has 2 aromatic carbocycles. The fraction of sp³-hybridized carbons (Fsp3) is 0.400. The molecular formula is C20H23NO2. The van der Waals surface area contributed by atoms with Gasteiger partial charge in [0.1, 0.15) is 5.75 Å². The van der Waals surface area contributed by atoms with Crippen molar-refractivity contribution in [3.63, 3.8) is 0 Å². The van der Waals surface area contributed by atoms with E-state index >= 15 is 0 Å². The summed E-state index contributed by atoms with van der Waals surface area (Å²) >= 11 is 0. The first-order valence-electron chi connectivity index (χ1n) is 8.49. The first-order valence-corrected chi connectivity index (χ1v) is 8.49. The molecule has 3 heteroatoms. The van der Waals surface area contributed by atoms with Gasteiger partial charge in [0.15, 0.2) is 0 Å². The van der Waals surface area contributed by atoms with Gasteiger partial charge in [-0.25, -0.2) is 0 Å². The summed E-state index contributed by atoms with van der Waals surface area (Å²) in [5.74, 6) is 1.05. The van der Waals surface area contributed by atoms with E-state index in [0.29, 0.717) is 6.04 Å². The maximum atomic E-state index is 5.68. The van der Waals surface area contributed by atoms with E-state index in [2.05, 4.69) is 54.3 Å². The molecule has 0 aromatic heterocycles. The van der Waals surface area contributed by atoms with Gasteiger partial charge >= 0.3 is 0 Å². The number of nitrogens with zero attached hydrogens (tertiary/aromatic N) is 1. The molecule has 23 heavy (non-hydrogen) atoms. The lowest BCUT2D eigenvalue weighted by Crippen LogP contribution is -2.37. The predicted octanol–water partition coefficient (Wildman–Crippen LogP) is 3.68. The van der Waals surface area contributed by atoms with Crippen LogP contribution in [0, 0.1) is 0 Å². The van der Waals surface area contributed by atoms with Crippen LogP contribution in [0.15, 0.2) is 42.5 Å². The Morgan fingerprint density at radius 3 is 2.43 bits per heavy atom. The Bertz CT molecular complexity index is 675. The van der Waals surface area contributed by atoms with Crippen molar-refractivity contribution in [3.05, 3.63) is 53.6 Å². The summed E-state index contributed by atoms with van der Waals surface area (Å²) < 4.78 is 11.1. The third-order valence-corrected chi connectivity index (χ3v) is 5.02. The zero-order chi connectivity index (χ0) is 15.6. The van der Waals surface area contributed by atoms with Crippen molar-refractivity contribution in [2.45, 2.75) is 19.4 Å². The van der Waals surface area contributed by atoms with Gasteiger partial charge < -0.3 is 9.47 Å². The molecule has 0 saturated carbocycles. The monoisotopic (exact) mass is 309 g/mol. The van der Waals surface area contributed by atoms with Crippen LogP contribution in [0.2, 0.25) is 0 Å². The molecule has 2 aliphatic rings. The van der Waals surface area contributed by atoms with E-state index in [0.717, 1.165) is 45.1 Å². The number of ether oxygens (including phenoxy) is 2. The second kappa shape index (κ2) is 6.34. The molecule has 0 spiro atoms. The average molecular weight is 309 g/mol. The topological polar surface area (TPSA) is 21.7 Å². The van der Waals surface area contributed by atoms with Crippen molar-refractivity contribution >= 4 is 0 Å². The van der Waals surface area contributed by atoms with Gasteiger partial charge in [-0.05, 0) is 35.2 Å². The minimum absolute atomic E-state index is 0.441. The molecule has 1 fully saturated rings. The van der Waals surface area contributed by atoms with Crippen molar-refractivity contribution in [1.29, 1.82) is 0 Å². The molecule has 1 atom stereocenters. The normalized spacial score (nSPS) is 19.2. The molecule has 1 saturated heterocycles. The van der Waals surface area contributed by atoms with Crippen LogP contribution in [-0.4, -0.2) is 37.8 Å². The van der Waals surface area contributed by atoms with Gasteiger partial charge in [0.25, 0.3) is 0 Å². The highest BCUT2D eigenvalue weighted by Crippen LogP contribution is 2.32. The van der Waals surface area contributed by atoms with Gasteiger partial charge in [0, 0.05) is 25.6 Å². The quantitative estimate of drug-likeness (QED) is 0.863. The van der Waals surface area contributed by atoms with Gasteiger partial charge in [-0.2, -0.15) is 0 Å². The summed E-state index contributed by atoms with van der Waals surface area (Å²) in [6.45, 7) is 6.82. The van der Waals surface area contributed by atoms with Gasteiger partial charge in [0.05, 0.1) is 19.8 Å². The van der Waals surface area contributed by atoms with Crippen LogP contribution in [0.4, 0.5) is 0 Å². The Kier molecular flexibility index (Phi) is 4.06. The van der Waals surface area contributed by atoms with Crippen LogP contribution in [0.1, 0.15) is 24.1 Å². The fourth-order valence-electron chi connectivity index (χ4n) is 3.48. The van der Waals surface area contributed by atoms with Crippen molar-refractivity contribution in [1.82, 2.24) is 4.90 Å². The molecule has 2 aliphatic heterocycles. The number of hydrogen-bond donors (Lipinski definition) is 0. The highest BCUT2D eigenvalue weighted by atomic mass is 16.5.